The van der Waals surface area contributed by atoms with Crippen LogP contribution in [0.3, 0.4) is 0 Å². The number of hydrogen-bond acceptors (Lipinski definition) is 5. The lowest BCUT2D eigenvalue weighted by Crippen LogP contribution is -2.34. The van der Waals surface area contributed by atoms with Crippen LogP contribution < -0.4 is 16.4 Å². The van der Waals surface area contributed by atoms with Gasteiger partial charge in [0, 0.05) is 11.3 Å². The molecule has 3 rings (SSSR count). The number of hydrogen-bond donors (Lipinski definition) is 4. The van der Waals surface area contributed by atoms with E-state index in [9.17, 15) is 14.4 Å². The summed E-state index contributed by atoms with van der Waals surface area (Å²) >= 11 is 0. The second kappa shape index (κ2) is 9.85. The molecule has 0 radical (unpaired) electrons. The Kier molecular flexibility index (Phi) is 7.16. The summed E-state index contributed by atoms with van der Waals surface area (Å²) in [5.74, 6) is -1.85. The zero-order valence-electron chi connectivity index (χ0n) is 19.1. The second-order valence-electron chi connectivity index (χ2n) is 9.19. The molecule has 3 atom stereocenters. The molecule has 1 aliphatic rings. The topological polar surface area (TPSA) is 134 Å². The van der Waals surface area contributed by atoms with Crippen LogP contribution in [0.5, 0.6) is 0 Å². The van der Waals surface area contributed by atoms with Gasteiger partial charge in [0.1, 0.15) is 11.4 Å². The number of ether oxygens (including phenoxy) is 1. The number of nitrogens with one attached hydrogen (secondary N) is 3. The Hall–Kier alpha value is -3.68. The molecule has 2 aromatic rings. The number of carbonyl (C=O) groups excluding carboxylic acids is 3. The molecule has 2 unspecified atom stereocenters. The minimum atomic E-state index is -0.620. The number of amidine groups is 1. The second-order valence-corrected chi connectivity index (χ2v) is 9.19. The third-order valence-corrected chi connectivity index (χ3v) is 5.24. The summed E-state index contributed by atoms with van der Waals surface area (Å²) in [6, 6.07) is 15.3. The number of anilines is 1. The van der Waals surface area contributed by atoms with Crippen LogP contribution in [-0.2, 0) is 19.1 Å². The summed E-state index contributed by atoms with van der Waals surface area (Å²) in [5, 5.41) is 13.1. The minimum Gasteiger partial charge on any atom is -0.460 e. The van der Waals surface area contributed by atoms with Gasteiger partial charge in [0.15, 0.2) is 0 Å². The molecule has 5 N–H and O–H groups in total. The van der Waals surface area contributed by atoms with E-state index in [1.165, 1.54) is 0 Å². The van der Waals surface area contributed by atoms with Crippen molar-refractivity contribution in [2.24, 2.45) is 17.6 Å². The maximum atomic E-state index is 12.9. The van der Waals surface area contributed by atoms with Gasteiger partial charge >= 0.3 is 5.97 Å². The molecular weight excluding hydrogens is 420 g/mol. The highest BCUT2D eigenvalue weighted by molar-refractivity contribution is 6.00. The number of carbonyl (C=O) groups is 3. The molecule has 1 fully saturated rings. The van der Waals surface area contributed by atoms with E-state index in [2.05, 4.69) is 10.6 Å². The van der Waals surface area contributed by atoms with Gasteiger partial charge in [-0.15, -0.1) is 0 Å². The van der Waals surface area contributed by atoms with E-state index in [1.807, 2.05) is 30.3 Å². The number of rotatable bonds is 8. The normalized spacial score (nSPS) is 18.0. The van der Waals surface area contributed by atoms with Crippen molar-refractivity contribution >= 4 is 29.3 Å². The van der Waals surface area contributed by atoms with E-state index in [-0.39, 0.29) is 24.1 Å². The summed E-state index contributed by atoms with van der Waals surface area (Å²) in [4.78, 5) is 37.8. The van der Waals surface area contributed by atoms with Crippen molar-refractivity contribution in [3.8, 4) is 0 Å². The molecule has 1 saturated carbocycles. The molecule has 33 heavy (non-hydrogen) atoms. The Bertz CT molecular complexity index is 1030. The van der Waals surface area contributed by atoms with Crippen LogP contribution in [0.4, 0.5) is 5.69 Å². The van der Waals surface area contributed by atoms with Gasteiger partial charge in [-0.2, -0.15) is 0 Å². The first-order valence-electron chi connectivity index (χ1n) is 10.9. The molecule has 0 heterocycles. The maximum absolute atomic E-state index is 12.9. The summed E-state index contributed by atoms with van der Waals surface area (Å²) in [6.07, 6.45) is 0.441. The minimum absolute atomic E-state index is 0.000889. The van der Waals surface area contributed by atoms with Crippen molar-refractivity contribution in [2.45, 2.75) is 45.3 Å². The van der Waals surface area contributed by atoms with Crippen LogP contribution in [-0.4, -0.2) is 29.2 Å². The molecule has 0 saturated heterocycles. The number of nitrogens with two attached hydrogens (primary N) is 1. The van der Waals surface area contributed by atoms with Crippen LogP contribution >= 0.6 is 0 Å². The summed E-state index contributed by atoms with van der Waals surface area (Å²) < 4.78 is 5.42. The van der Waals surface area contributed by atoms with Crippen LogP contribution in [0.1, 0.15) is 50.8 Å². The highest BCUT2D eigenvalue weighted by atomic mass is 16.6. The predicted molar refractivity (Wildman–Crippen MR) is 125 cm³/mol. The number of esters is 1. The quantitative estimate of drug-likeness (QED) is 0.278. The Morgan fingerprint density at radius 1 is 1.03 bits per heavy atom. The van der Waals surface area contributed by atoms with Gasteiger partial charge in [-0.05, 0) is 57.0 Å². The van der Waals surface area contributed by atoms with E-state index in [1.54, 1.807) is 45.0 Å². The summed E-state index contributed by atoms with van der Waals surface area (Å²) in [5.41, 5.74) is 6.75. The zero-order valence-corrected chi connectivity index (χ0v) is 19.1. The average molecular weight is 451 g/mol. The van der Waals surface area contributed by atoms with Crippen LogP contribution in [0.25, 0.3) is 0 Å². The molecule has 2 aromatic carbocycles. The van der Waals surface area contributed by atoms with E-state index < -0.39 is 29.4 Å². The molecular formula is C25H30N4O4. The van der Waals surface area contributed by atoms with Crippen LogP contribution in [0.2, 0.25) is 0 Å². The Balaban J connectivity index is 1.60. The SMILES string of the molecule is CC(C)(C)OC(=O)C[C@H](NC(=O)C1CC1C(=O)Nc1ccc(C(=N)N)cc1)c1ccccc1. The maximum Gasteiger partial charge on any atom is 0.308 e. The standard InChI is InChI=1S/C25H30N4O4/c1-25(2,3)33-21(30)14-20(15-7-5-4-6-8-15)29-24(32)19-13-18(19)23(31)28-17-11-9-16(10-12-17)22(26)27/h4-12,18-20H,13-14H2,1-3H3,(H3,26,27)(H,28,31)(H,29,32)/t18?,19?,20-/m0/s1. The fourth-order valence-electron chi connectivity index (χ4n) is 3.51. The molecule has 174 valence electrons. The lowest BCUT2D eigenvalue weighted by atomic mass is 10.0. The smallest absolute Gasteiger partial charge is 0.308 e. The van der Waals surface area contributed by atoms with Gasteiger partial charge in [-0.25, -0.2) is 0 Å². The predicted octanol–water partition coefficient (Wildman–Crippen LogP) is 3.13. The van der Waals surface area contributed by atoms with Crippen molar-refractivity contribution in [1.82, 2.24) is 5.32 Å². The monoisotopic (exact) mass is 450 g/mol. The van der Waals surface area contributed by atoms with Crippen molar-refractivity contribution in [1.29, 1.82) is 5.41 Å². The van der Waals surface area contributed by atoms with Gasteiger partial charge in [0.05, 0.1) is 24.3 Å². The first-order valence-corrected chi connectivity index (χ1v) is 10.9. The largest absolute Gasteiger partial charge is 0.460 e. The van der Waals surface area contributed by atoms with Gasteiger partial charge in [-0.1, -0.05) is 30.3 Å². The van der Waals surface area contributed by atoms with Gasteiger partial charge in [0.2, 0.25) is 11.8 Å². The van der Waals surface area contributed by atoms with Crippen LogP contribution in [0.15, 0.2) is 54.6 Å². The first kappa shape index (κ1) is 24.0. The van der Waals surface area contributed by atoms with E-state index in [0.717, 1.165) is 5.56 Å². The third kappa shape index (κ3) is 6.90. The molecule has 2 amide bonds. The lowest BCUT2D eigenvalue weighted by molar-refractivity contribution is -0.155. The van der Waals surface area contributed by atoms with E-state index in [4.69, 9.17) is 15.9 Å². The highest BCUT2D eigenvalue weighted by Gasteiger charge is 2.48. The van der Waals surface area contributed by atoms with Crippen molar-refractivity contribution in [3.05, 3.63) is 65.7 Å². The molecule has 0 spiro atoms. The first-order chi connectivity index (χ1) is 15.5. The van der Waals surface area contributed by atoms with Crippen molar-refractivity contribution in [2.75, 3.05) is 5.32 Å². The number of benzene rings is 2. The van der Waals surface area contributed by atoms with E-state index >= 15 is 0 Å². The average Bonchev–Trinajstić information content (AvgIpc) is 3.54. The molecule has 8 heteroatoms. The Morgan fingerprint density at radius 2 is 1.64 bits per heavy atom. The molecule has 0 bridgehead atoms. The Morgan fingerprint density at radius 3 is 2.21 bits per heavy atom. The fraction of sp³-hybridized carbons (Fsp3) is 0.360. The molecule has 0 aliphatic heterocycles. The molecule has 0 aromatic heterocycles. The van der Waals surface area contributed by atoms with Gasteiger partial charge in [0.25, 0.3) is 0 Å². The summed E-state index contributed by atoms with van der Waals surface area (Å²) in [6.45, 7) is 5.38. The number of amides is 2. The van der Waals surface area contributed by atoms with Gasteiger partial charge < -0.3 is 21.1 Å². The number of nitrogen functional groups attached to an aromatic ring is 1. The fourth-order valence-corrected chi connectivity index (χ4v) is 3.51. The summed E-state index contributed by atoms with van der Waals surface area (Å²) in [7, 11) is 0. The van der Waals surface area contributed by atoms with E-state index in [0.29, 0.717) is 17.7 Å². The lowest BCUT2D eigenvalue weighted by Gasteiger charge is -2.23. The highest BCUT2D eigenvalue weighted by Crippen LogP contribution is 2.40. The van der Waals surface area contributed by atoms with Crippen molar-refractivity contribution < 1.29 is 19.1 Å². The van der Waals surface area contributed by atoms with Gasteiger partial charge in [-0.3, -0.25) is 19.8 Å². The van der Waals surface area contributed by atoms with Crippen molar-refractivity contribution in [3.63, 3.8) is 0 Å². The molecule has 1 aliphatic carbocycles. The molecule has 8 nitrogen and oxygen atoms in total. The zero-order chi connectivity index (χ0) is 24.2. The Labute approximate surface area is 193 Å². The third-order valence-electron chi connectivity index (χ3n) is 5.24. The van der Waals surface area contributed by atoms with Crippen LogP contribution in [0, 0.1) is 17.2 Å².